The highest BCUT2D eigenvalue weighted by Gasteiger charge is 2.27. The van der Waals surface area contributed by atoms with Crippen molar-refractivity contribution in [2.75, 3.05) is 14.1 Å². The van der Waals surface area contributed by atoms with E-state index in [4.69, 9.17) is 4.74 Å². The summed E-state index contributed by atoms with van der Waals surface area (Å²) in [4.78, 5) is 26.6. The molecule has 0 aliphatic carbocycles. The third kappa shape index (κ3) is 3.53. The van der Waals surface area contributed by atoms with Crippen LogP contribution < -0.4 is 0 Å². The first-order valence-corrected chi connectivity index (χ1v) is 8.44. The molecule has 2 aromatic carbocycles. The summed E-state index contributed by atoms with van der Waals surface area (Å²) in [6.45, 7) is 0. The smallest absolute Gasteiger partial charge is 0.349 e. The van der Waals surface area contributed by atoms with Gasteiger partial charge in [0.25, 0.3) is 5.91 Å². The molecule has 1 atom stereocenters. The van der Waals surface area contributed by atoms with E-state index in [-0.39, 0.29) is 10.8 Å². The Bertz CT molecular complexity index is 921. The van der Waals surface area contributed by atoms with Crippen LogP contribution in [0, 0.1) is 5.82 Å². The number of rotatable bonds is 4. The molecule has 0 aliphatic heterocycles. The van der Waals surface area contributed by atoms with E-state index >= 15 is 0 Å². The van der Waals surface area contributed by atoms with Gasteiger partial charge in [-0.25, -0.2) is 9.18 Å². The van der Waals surface area contributed by atoms with Gasteiger partial charge in [-0.15, -0.1) is 11.3 Å². The number of halogens is 1. The summed E-state index contributed by atoms with van der Waals surface area (Å²) in [5.74, 6) is -1.38. The minimum absolute atomic E-state index is 0.257. The Balaban J connectivity index is 1.91. The number of hydrogen-bond acceptors (Lipinski definition) is 4. The highest BCUT2D eigenvalue weighted by atomic mass is 32.1. The van der Waals surface area contributed by atoms with Gasteiger partial charge in [0.15, 0.2) is 0 Å². The minimum atomic E-state index is -1.04. The SMILES string of the molecule is CN(C)C(=O)[C@H](OC(=O)c1cc2c(F)cccc2s1)c1ccccc1. The van der Waals surface area contributed by atoms with E-state index in [1.54, 1.807) is 50.5 Å². The summed E-state index contributed by atoms with van der Waals surface area (Å²) < 4.78 is 19.9. The number of carbonyl (C=O) groups is 2. The number of hydrogen-bond donors (Lipinski definition) is 0. The molecule has 0 N–H and O–H groups in total. The second-order valence-electron chi connectivity index (χ2n) is 5.69. The summed E-state index contributed by atoms with van der Waals surface area (Å²) in [5.41, 5.74) is 0.585. The molecular weight excluding hydrogens is 341 g/mol. The van der Waals surface area contributed by atoms with Gasteiger partial charge in [-0.2, -0.15) is 0 Å². The van der Waals surface area contributed by atoms with Crippen molar-refractivity contribution in [3.63, 3.8) is 0 Å². The van der Waals surface area contributed by atoms with Crippen molar-refractivity contribution in [3.8, 4) is 0 Å². The number of likely N-dealkylation sites (N-methyl/N-ethyl adjacent to an activating group) is 1. The fourth-order valence-corrected chi connectivity index (χ4v) is 3.37. The molecule has 0 aliphatic rings. The molecule has 6 heteroatoms. The van der Waals surface area contributed by atoms with Crippen LogP contribution in [-0.4, -0.2) is 30.9 Å². The Kier molecular flexibility index (Phi) is 4.81. The highest BCUT2D eigenvalue weighted by Crippen LogP contribution is 2.30. The Hall–Kier alpha value is -2.73. The normalized spacial score (nSPS) is 12.0. The summed E-state index contributed by atoms with van der Waals surface area (Å²) >= 11 is 1.14. The predicted octanol–water partition coefficient (Wildman–Crippen LogP) is 4.03. The van der Waals surface area contributed by atoms with Crippen LogP contribution in [0.2, 0.25) is 0 Å². The van der Waals surface area contributed by atoms with E-state index in [2.05, 4.69) is 0 Å². The number of carbonyl (C=O) groups excluding carboxylic acids is 2. The summed E-state index contributed by atoms with van der Waals surface area (Å²) in [6, 6.07) is 14.9. The first kappa shape index (κ1) is 17.1. The van der Waals surface area contributed by atoms with Crippen molar-refractivity contribution in [2.24, 2.45) is 0 Å². The number of esters is 1. The van der Waals surface area contributed by atoms with E-state index < -0.39 is 17.9 Å². The lowest BCUT2D eigenvalue weighted by atomic mass is 10.1. The molecule has 0 saturated carbocycles. The minimum Gasteiger partial charge on any atom is -0.443 e. The first-order valence-electron chi connectivity index (χ1n) is 7.62. The maximum Gasteiger partial charge on any atom is 0.349 e. The van der Waals surface area contributed by atoms with Crippen molar-refractivity contribution < 1.29 is 18.7 Å². The van der Waals surface area contributed by atoms with Crippen LogP contribution in [0.4, 0.5) is 4.39 Å². The van der Waals surface area contributed by atoms with Crippen LogP contribution >= 0.6 is 11.3 Å². The van der Waals surface area contributed by atoms with Gasteiger partial charge in [0.05, 0.1) is 0 Å². The number of benzene rings is 2. The zero-order valence-corrected chi connectivity index (χ0v) is 14.5. The van der Waals surface area contributed by atoms with Crippen molar-refractivity contribution in [1.82, 2.24) is 4.90 Å². The van der Waals surface area contributed by atoms with Gasteiger partial charge in [-0.05, 0) is 18.2 Å². The molecule has 1 aromatic heterocycles. The van der Waals surface area contributed by atoms with E-state index in [1.165, 1.54) is 17.0 Å². The summed E-state index contributed by atoms with van der Waals surface area (Å²) in [7, 11) is 3.20. The van der Waals surface area contributed by atoms with Crippen molar-refractivity contribution in [3.05, 3.63) is 70.9 Å². The Labute approximate surface area is 148 Å². The van der Waals surface area contributed by atoms with Crippen molar-refractivity contribution in [2.45, 2.75) is 6.10 Å². The monoisotopic (exact) mass is 357 g/mol. The maximum atomic E-state index is 13.8. The van der Waals surface area contributed by atoms with Gasteiger partial charge in [0.1, 0.15) is 10.7 Å². The van der Waals surface area contributed by atoms with Gasteiger partial charge in [-0.1, -0.05) is 36.4 Å². The molecule has 0 saturated heterocycles. The molecule has 0 spiro atoms. The average molecular weight is 357 g/mol. The molecule has 1 heterocycles. The molecule has 3 rings (SSSR count). The Morgan fingerprint density at radius 2 is 1.80 bits per heavy atom. The van der Waals surface area contributed by atoms with E-state index in [1.807, 2.05) is 6.07 Å². The number of amides is 1. The molecule has 0 radical (unpaired) electrons. The third-order valence-corrected chi connectivity index (χ3v) is 4.78. The van der Waals surface area contributed by atoms with Crippen LogP contribution in [0.3, 0.4) is 0 Å². The van der Waals surface area contributed by atoms with Crippen molar-refractivity contribution >= 4 is 33.3 Å². The molecular formula is C19H16FNO3S. The second kappa shape index (κ2) is 7.03. The number of nitrogens with zero attached hydrogens (tertiary/aromatic N) is 1. The summed E-state index contributed by atoms with van der Waals surface area (Å²) in [6.07, 6.45) is -1.04. The Morgan fingerprint density at radius 3 is 2.44 bits per heavy atom. The van der Waals surface area contributed by atoms with Gasteiger partial charge < -0.3 is 9.64 Å². The van der Waals surface area contributed by atoms with Gasteiger partial charge in [0.2, 0.25) is 6.10 Å². The second-order valence-corrected chi connectivity index (χ2v) is 6.77. The first-order chi connectivity index (χ1) is 12.0. The van der Waals surface area contributed by atoms with Crippen LogP contribution in [-0.2, 0) is 9.53 Å². The largest absolute Gasteiger partial charge is 0.443 e. The third-order valence-electron chi connectivity index (χ3n) is 3.70. The number of fused-ring (bicyclic) bond motifs is 1. The molecule has 0 unspecified atom stereocenters. The van der Waals surface area contributed by atoms with Gasteiger partial charge in [0, 0.05) is 29.7 Å². The van der Waals surface area contributed by atoms with Crippen LogP contribution in [0.1, 0.15) is 21.3 Å². The zero-order chi connectivity index (χ0) is 18.0. The molecule has 1 amide bonds. The van der Waals surface area contributed by atoms with Crippen LogP contribution in [0.25, 0.3) is 10.1 Å². The number of thiophene rings is 1. The molecule has 4 nitrogen and oxygen atoms in total. The molecule has 128 valence electrons. The maximum absolute atomic E-state index is 13.8. The average Bonchev–Trinajstić information content (AvgIpc) is 3.05. The van der Waals surface area contributed by atoms with Crippen molar-refractivity contribution in [1.29, 1.82) is 0 Å². The highest BCUT2D eigenvalue weighted by molar-refractivity contribution is 7.20. The molecule has 0 fully saturated rings. The molecule has 0 bridgehead atoms. The van der Waals surface area contributed by atoms with Gasteiger partial charge >= 0.3 is 5.97 Å². The lowest BCUT2D eigenvalue weighted by Crippen LogP contribution is -2.31. The van der Waals surface area contributed by atoms with Gasteiger partial charge in [-0.3, -0.25) is 4.79 Å². The summed E-state index contributed by atoms with van der Waals surface area (Å²) in [5, 5.41) is 0.370. The topological polar surface area (TPSA) is 46.6 Å². The lowest BCUT2D eigenvalue weighted by molar-refractivity contribution is -0.138. The standard InChI is InChI=1S/C19H16FNO3S/c1-21(2)18(22)17(12-7-4-3-5-8-12)24-19(23)16-11-13-14(20)9-6-10-15(13)25-16/h3-11,17H,1-2H3/t17-/m1/s1. The Morgan fingerprint density at radius 1 is 1.08 bits per heavy atom. The van der Waals surface area contributed by atoms with Crippen LogP contribution in [0.15, 0.2) is 54.6 Å². The molecule has 25 heavy (non-hydrogen) atoms. The fourth-order valence-electron chi connectivity index (χ4n) is 2.41. The lowest BCUT2D eigenvalue weighted by Gasteiger charge is -2.20. The van der Waals surface area contributed by atoms with Crippen LogP contribution in [0.5, 0.6) is 0 Å². The quantitative estimate of drug-likeness (QED) is 0.663. The van der Waals surface area contributed by atoms with E-state index in [0.29, 0.717) is 15.6 Å². The van der Waals surface area contributed by atoms with E-state index in [9.17, 15) is 14.0 Å². The molecule has 3 aromatic rings. The predicted molar refractivity (Wildman–Crippen MR) is 95.1 cm³/mol. The number of ether oxygens (including phenoxy) is 1. The van der Waals surface area contributed by atoms with E-state index in [0.717, 1.165) is 11.3 Å². The fraction of sp³-hybridized carbons (Fsp3) is 0.158. The zero-order valence-electron chi connectivity index (χ0n) is 13.7.